The van der Waals surface area contributed by atoms with Crippen LogP contribution in [0.15, 0.2) is 29.1 Å². The van der Waals surface area contributed by atoms with E-state index >= 15 is 0 Å². The predicted molar refractivity (Wildman–Crippen MR) is 117 cm³/mol. The Bertz CT molecular complexity index is 1050. The molecule has 0 unspecified atom stereocenters. The van der Waals surface area contributed by atoms with Crippen LogP contribution in [0.5, 0.6) is 11.5 Å². The van der Waals surface area contributed by atoms with E-state index in [1.54, 1.807) is 23.8 Å². The van der Waals surface area contributed by atoms with Gasteiger partial charge in [-0.3, -0.25) is 9.69 Å². The van der Waals surface area contributed by atoms with Gasteiger partial charge in [0.2, 0.25) is 0 Å². The van der Waals surface area contributed by atoms with E-state index in [4.69, 9.17) is 14.2 Å². The van der Waals surface area contributed by atoms with E-state index in [9.17, 15) is 14.0 Å². The topological polar surface area (TPSA) is 70.0 Å². The molecule has 8 heteroatoms. The van der Waals surface area contributed by atoms with Crippen LogP contribution < -0.4 is 15.0 Å². The molecule has 1 aliphatic heterocycles. The van der Waals surface area contributed by atoms with E-state index in [1.165, 1.54) is 19.2 Å². The maximum atomic E-state index is 14.3. The Hall–Kier alpha value is -2.87. The lowest BCUT2D eigenvalue weighted by Gasteiger charge is -2.20. The van der Waals surface area contributed by atoms with E-state index in [0.29, 0.717) is 60.9 Å². The monoisotopic (exact) mass is 444 g/mol. The molecule has 1 aromatic heterocycles. The summed E-state index contributed by atoms with van der Waals surface area (Å²) in [7, 11) is 2.88. The zero-order chi connectivity index (χ0) is 22.7. The highest BCUT2D eigenvalue weighted by molar-refractivity contribution is 5.93. The first-order valence-electron chi connectivity index (χ1n) is 11.1. The Morgan fingerprint density at radius 2 is 1.91 bits per heavy atom. The number of esters is 1. The van der Waals surface area contributed by atoms with Crippen molar-refractivity contribution in [3.05, 3.63) is 57.3 Å². The Labute approximate surface area is 186 Å². The van der Waals surface area contributed by atoms with Crippen molar-refractivity contribution in [2.24, 2.45) is 0 Å². The lowest BCUT2D eigenvalue weighted by atomic mass is 10.1. The molecule has 0 bridgehead atoms. The van der Waals surface area contributed by atoms with Crippen LogP contribution in [0, 0.1) is 5.82 Å². The van der Waals surface area contributed by atoms with Crippen LogP contribution in [0.3, 0.4) is 0 Å². The second-order valence-electron chi connectivity index (χ2n) is 8.32. The fourth-order valence-corrected chi connectivity index (χ4v) is 4.59. The second kappa shape index (κ2) is 9.73. The summed E-state index contributed by atoms with van der Waals surface area (Å²) < 4.78 is 32.3. The molecular weight excluding hydrogens is 415 g/mol. The maximum Gasteiger partial charge on any atom is 0.343 e. The number of hydrogen-bond donors (Lipinski definition) is 0. The van der Waals surface area contributed by atoms with Crippen LogP contribution in [0.2, 0.25) is 0 Å². The van der Waals surface area contributed by atoms with E-state index in [-0.39, 0.29) is 17.5 Å². The van der Waals surface area contributed by atoms with Crippen LogP contribution in [-0.2, 0) is 24.2 Å². The maximum absolute atomic E-state index is 14.3. The molecule has 0 radical (unpaired) electrons. The number of hydrogen-bond acceptors (Lipinski definition) is 6. The third-order valence-corrected chi connectivity index (χ3v) is 6.32. The van der Waals surface area contributed by atoms with Gasteiger partial charge < -0.3 is 18.8 Å². The van der Waals surface area contributed by atoms with E-state index in [2.05, 4.69) is 4.90 Å². The molecule has 2 aliphatic rings. The molecule has 0 spiro atoms. The van der Waals surface area contributed by atoms with E-state index in [0.717, 1.165) is 25.7 Å². The summed E-state index contributed by atoms with van der Waals surface area (Å²) in [4.78, 5) is 27.7. The van der Waals surface area contributed by atoms with Crippen molar-refractivity contribution in [2.45, 2.75) is 51.3 Å². The first-order chi connectivity index (χ1) is 15.5. The molecule has 0 atom stereocenters. The average molecular weight is 445 g/mol. The molecule has 172 valence electrons. The number of aromatic nitrogens is 1. The van der Waals surface area contributed by atoms with Crippen LogP contribution in [0.25, 0.3) is 0 Å². The fourth-order valence-electron chi connectivity index (χ4n) is 4.59. The van der Waals surface area contributed by atoms with Crippen LogP contribution >= 0.6 is 0 Å². The van der Waals surface area contributed by atoms with Gasteiger partial charge >= 0.3 is 5.97 Å². The van der Waals surface area contributed by atoms with Gasteiger partial charge in [-0.15, -0.1) is 0 Å². The number of halogens is 1. The Kier molecular flexibility index (Phi) is 6.79. The third kappa shape index (κ3) is 4.65. The van der Waals surface area contributed by atoms with Gasteiger partial charge in [0, 0.05) is 49.9 Å². The zero-order valence-corrected chi connectivity index (χ0v) is 18.6. The minimum Gasteiger partial charge on any atom is -0.497 e. The summed E-state index contributed by atoms with van der Waals surface area (Å²) in [6.07, 6.45) is 4.46. The van der Waals surface area contributed by atoms with Gasteiger partial charge in [-0.25, -0.2) is 9.18 Å². The van der Waals surface area contributed by atoms with Crippen molar-refractivity contribution in [1.29, 1.82) is 0 Å². The summed E-state index contributed by atoms with van der Waals surface area (Å²) in [5.74, 6) is 0.103. The zero-order valence-electron chi connectivity index (χ0n) is 18.6. The highest BCUT2D eigenvalue weighted by Gasteiger charge is 2.28. The molecule has 1 fully saturated rings. The number of ether oxygens (including phenoxy) is 3. The Morgan fingerprint density at radius 1 is 1.12 bits per heavy atom. The van der Waals surface area contributed by atoms with E-state index in [1.807, 2.05) is 0 Å². The van der Waals surface area contributed by atoms with Gasteiger partial charge in [-0.1, -0.05) is 0 Å². The summed E-state index contributed by atoms with van der Waals surface area (Å²) >= 11 is 0. The molecule has 4 rings (SSSR count). The highest BCUT2D eigenvalue weighted by Crippen LogP contribution is 2.29. The number of nitrogens with zero attached hydrogens (tertiary/aromatic N) is 2. The predicted octanol–water partition coefficient (Wildman–Crippen LogP) is 3.16. The van der Waals surface area contributed by atoms with Crippen molar-refractivity contribution in [2.75, 3.05) is 27.3 Å². The lowest BCUT2D eigenvalue weighted by Crippen LogP contribution is -2.29. The Balaban J connectivity index is 1.61. The van der Waals surface area contributed by atoms with Gasteiger partial charge in [-0.2, -0.15) is 0 Å². The Morgan fingerprint density at radius 3 is 2.62 bits per heavy atom. The van der Waals surface area contributed by atoms with Crippen LogP contribution in [0.4, 0.5) is 4.39 Å². The highest BCUT2D eigenvalue weighted by atomic mass is 19.1. The van der Waals surface area contributed by atoms with Crippen LogP contribution in [-0.4, -0.2) is 48.8 Å². The normalized spacial score (nSPS) is 17.0. The molecule has 0 N–H and O–H groups in total. The number of rotatable bonds is 6. The molecule has 32 heavy (non-hydrogen) atoms. The largest absolute Gasteiger partial charge is 0.497 e. The molecule has 0 amide bonds. The van der Waals surface area contributed by atoms with Gasteiger partial charge in [0.25, 0.3) is 5.56 Å². The smallest absolute Gasteiger partial charge is 0.343 e. The molecule has 1 aromatic carbocycles. The van der Waals surface area contributed by atoms with Crippen molar-refractivity contribution >= 4 is 5.97 Å². The first-order valence-corrected chi connectivity index (χ1v) is 11.1. The van der Waals surface area contributed by atoms with Crippen molar-refractivity contribution < 1.29 is 23.4 Å². The standard InChI is InChI=1S/C24H29FN2O5/c1-30-18-7-8-19(25)16(13-18)15-26-10-9-20-23(24(29)31-2)21(32-17-5-3-4-6-17)14-22(28)27(20)12-11-26/h7-8,13-14,17H,3-6,9-12,15H2,1-2H3. The summed E-state index contributed by atoms with van der Waals surface area (Å²) in [5.41, 5.74) is 1.27. The molecule has 1 aliphatic carbocycles. The van der Waals surface area contributed by atoms with Gasteiger partial charge in [0.1, 0.15) is 22.9 Å². The summed E-state index contributed by atoms with van der Waals surface area (Å²) in [6, 6.07) is 6.08. The average Bonchev–Trinajstić information content (AvgIpc) is 3.21. The molecule has 0 saturated heterocycles. The van der Waals surface area contributed by atoms with E-state index < -0.39 is 5.97 Å². The molecule has 2 aromatic rings. The van der Waals surface area contributed by atoms with Crippen molar-refractivity contribution in [1.82, 2.24) is 9.47 Å². The fraction of sp³-hybridized carbons (Fsp3) is 0.500. The number of benzene rings is 1. The SMILES string of the molecule is COC(=O)c1c(OC2CCCC2)cc(=O)n2c1CCN(Cc1cc(OC)ccc1F)CC2. The number of fused-ring (bicyclic) bond motifs is 1. The van der Waals surface area contributed by atoms with Gasteiger partial charge in [0.05, 0.1) is 20.3 Å². The third-order valence-electron chi connectivity index (χ3n) is 6.32. The lowest BCUT2D eigenvalue weighted by molar-refractivity contribution is 0.0590. The van der Waals surface area contributed by atoms with Crippen molar-refractivity contribution in [3.8, 4) is 11.5 Å². The van der Waals surface area contributed by atoms with Crippen LogP contribution in [0.1, 0.15) is 47.3 Å². The number of carbonyl (C=O) groups excluding carboxylic acids is 1. The van der Waals surface area contributed by atoms with Gasteiger partial charge in [-0.05, 0) is 43.9 Å². The number of methoxy groups -OCH3 is 2. The van der Waals surface area contributed by atoms with Gasteiger partial charge in [0.15, 0.2) is 0 Å². The van der Waals surface area contributed by atoms with Crippen molar-refractivity contribution in [3.63, 3.8) is 0 Å². The number of pyridine rings is 1. The molecule has 7 nitrogen and oxygen atoms in total. The summed E-state index contributed by atoms with van der Waals surface area (Å²) in [6.45, 7) is 1.89. The minimum atomic E-state index is -0.506. The number of carbonyl (C=O) groups is 1. The molecule has 1 saturated carbocycles. The molecule has 2 heterocycles. The quantitative estimate of drug-likeness (QED) is 0.638. The second-order valence-corrected chi connectivity index (χ2v) is 8.32. The molecular formula is C24H29FN2O5. The minimum absolute atomic E-state index is 0.0131. The summed E-state index contributed by atoms with van der Waals surface area (Å²) in [5, 5.41) is 0. The first kappa shape index (κ1) is 22.3.